The van der Waals surface area contributed by atoms with Gasteiger partial charge in [-0.1, -0.05) is 23.4 Å². The highest BCUT2D eigenvalue weighted by atomic mass is 19.4. The van der Waals surface area contributed by atoms with Crippen molar-refractivity contribution in [1.82, 2.24) is 15.0 Å². The summed E-state index contributed by atoms with van der Waals surface area (Å²) in [5.74, 6) is 0.547. The Kier molecular flexibility index (Phi) is 5.25. The fraction of sp³-hybridized carbons (Fsp3) is 0.300. The first-order chi connectivity index (χ1) is 14.3. The Bertz CT molecular complexity index is 1050. The second-order valence-corrected chi connectivity index (χ2v) is 7.11. The Balaban J connectivity index is 1.51. The number of halogens is 3. The van der Waals surface area contributed by atoms with E-state index in [2.05, 4.69) is 10.1 Å². The molecular weight excluding hydrogens is 401 g/mol. The van der Waals surface area contributed by atoms with Crippen LogP contribution in [0.2, 0.25) is 0 Å². The van der Waals surface area contributed by atoms with Crippen LogP contribution in [0.4, 0.5) is 18.9 Å². The van der Waals surface area contributed by atoms with Gasteiger partial charge in [-0.25, -0.2) is 0 Å². The Morgan fingerprint density at radius 1 is 1.10 bits per heavy atom. The van der Waals surface area contributed by atoms with Gasteiger partial charge in [0.15, 0.2) is 0 Å². The zero-order chi connectivity index (χ0) is 21.3. The molecule has 7 nitrogen and oxygen atoms in total. The molecule has 10 heteroatoms. The second kappa shape index (κ2) is 7.86. The van der Waals surface area contributed by atoms with Gasteiger partial charge in [0.05, 0.1) is 17.0 Å². The van der Waals surface area contributed by atoms with E-state index in [0.717, 1.165) is 18.9 Å². The third-order valence-electron chi connectivity index (χ3n) is 4.90. The topological polar surface area (TPSA) is 85.3 Å². The molecule has 30 heavy (non-hydrogen) atoms. The molecule has 1 aromatic heterocycles. The van der Waals surface area contributed by atoms with Crippen molar-refractivity contribution in [3.63, 3.8) is 0 Å². The Labute approximate surface area is 169 Å². The van der Waals surface area contributed by atoms with E-state index in [9.17, 15) is 23.3 Å². The number of alkyl halides is 3. The first-order valence-corrected chi connectivity index (χ1v) is 9.28. The third-order valence-corrected chi connectivity index (χ3v) is 4.90. The number of rotatable bonds is 7. The number of hydrogen-bond donors (Lipinski definition) is 0. The maximum absolute atomic E-state index is 13.3. The SMILES string of the molecule is O=[N+]([O-])c1ccc(-c2noc(CN(Cc3ccccc3C(F)(F)F)C3CC3)n2)cc1. The van der Waals surface area contributed by atoms with Crippen molar-refractivity contribution in [3.8, 4) is 11.4 Å². The third kappa shape index (κ3) is 4.48. The summed E-state index contributed by atoms with van der Waals surface area (Å²) < 4.78 is 45.2. The van der Waals surface area contributed by atoms with Crippen LogP contribution in [0.3, 0.4) is 0 Å². The molecule has 1 fully saturated rings. The van der Waals surface area contributed by atoms with Crippen molar-refractivity contribution in [2.45, 2.75) is 38.1 Å². The molecule has 156 valence electrons. The van der Waals surface area contributed by atoms with E-state index >= 15 is 0 Å². The molecule has 4 rings (SSSR count). The number of hydrogen-bond acceptors (Lipinski definition) is 6. The summed E-state index contributed by atoms with van der Waals surface area (Å²) in [6.45, 7) is 0.340. The lowest BCUT2D eigenvalue weighted by Gasteiger charge is -2.22. The van der Waals surface area contributed by atoms with Crippen LogP contribution in [-0.4, -0.2) is 26.0 Å². The van der Waals surface area contributed by atoms with Gasteiger partial charge in [0.1, 0.15) is 0 Å². The van der Waals surface area contributed by atoms with E-state index in [4.69, 9.17) is 4.52 Å². The van der Waals surface area contributed by atoms with Crippen LogP contribution in [0, 0.1) is 10.1 Å². The average molecular weight is 418 g/mol. The van der Waals surface area contributed by atoms with Gasteiger partial charge in [-0.15, -0.1) is 0 Å². The lowest BCUT2D eigenvalue weighted by molar-refractivity contribution is -0.384. The van der Waals surface area contributed by atoms with Crippen molar-refractivity contribution >= 4 is 5.69 Å². The van der Waals surface area contributed by atoms with E-state index in [1.807, 2.05) is 4.90 Å². The fourth-order valence-electron chi connectivity index (χ4n) is 3.25. The predicted octanol–water partition coefficient (Wildman–Crippen LogP) is 4.83. The van der Waals surface area contributed by atoms with E-state index in [0.29, 0.717) is 5.56 Å². The standard InChI is InChI=1S/C20H17F3N4O3/c21-20(22,23)17-4-2-1-3-14(17)11-26(15-9-10-15)12-18-24-19(25-30-18)13-5-7-16(8-6-13)27(28)29/h1-8,15H,9-12H2. The highest BCUT2D eigenvalue weighted by Crippen LogP contribution is 2.35. The monoisotopic (exact) mass is 418 g/mol. The summed E-state index contributed by atoms with van der Waals surface area (Å²) in [6.07, 6.45) is -2.62. The van der Waals surface area contributed by atoms with Crippen LogP contribution in [-0.2, 0) is 19.3 Å². The summed E-state index contributed by atoms with van der Waals surface area (Å²) in [6, 6.07) is 11.4. The summed E-state index contributed by atoms with van der Waals surface area (Å²) in [7, 11) is 0. The molecule has 1 aliphatic rings. The van der Waals surface area contributed by atoms with Crippen LogP contribution in [0.25, 0.3) is 11.4 Å². The van der Waals surface area contributed by atoms with Gasteiger partial charge < -0.3 is 4.52 Å². The number of nitrogens with zero attached hydrogens (tertiary/aromatic N) is 4. The summed E-state index contributed by atoms with van der Waals surface area (Å²) in [4.78, 5) is 16.5. The smallest absolute Gasteiger partial charge is 0.338 e. The highest BCUT2D eigenvalue weighted by molar-refractivity contribution is 5.56. The highest BCUT2D eigenvalue weighted by Gasteiger charge is 2.36. The van der Waals surface area contributed by atoms with Gasteiger partial charge in [-0.3, -0.25) is 15.0 Å². The molecule has 0 aliphatic heterocycles. The van der Waals surface area contributed by atoms with E-state index < -0.39 is 16.7 Å². The van der Waals surface area contributed by atoms with Crippen molar-refractivity contribution in [2.24, 2.45) is 0 Å². The largest absolute Gasteiger partial charge is 0.416 e. The summed E-state index contributed by atoms with van der Waals surface area (Å²) in [5, 5.41) is 14.7. The molecule has 0 atom stereocenters. The molecule has 0 N–H and O–H groups in total. The van der Waals surface area contributed by atoms with E-state index in [-0.39, 0.29) is 42.1 Å². The quantitative estimate of drug-likeness (QED) is 0.404. The maximum atomic E-state index is 13.3. The molecule has 0 radical (unpaired) electrons. The van der Waals surface area contributed by atoms with Gasteiger partial charge in [0, 0.05) is 30.3 Å². The minimum absolute atomic E-state index is 0.0503. The van der Waals surface area contributed by atoms with Crippen molar-refractivity contribution in [3.05, 3.63) is 75.7 Å². The van der Waals surface area contributed by atoms with Gasteiger partial charge in [0.2, 0.25) is 11.7 Å². The first kappa shape index (κ1) is 20.0. The van der Waals surface area contributed by atoms with Crippen molar-refractivity contribution in [1.29, 1.82) is 0 Å². The molecule has 0 amide bonds. The van der Waals surface area contributed by atoms with Crippen LogP contribution in [0.1, 0.15) is 29.9 Å². The number of nitro groups is 1. The lowest BCUT2D eigenvalue weighted by atomic mass is 10.1. The molecule has 0 spiro atoms. The predicted molar refractivity (Wildman–Crippen MR) is 100 cm³/mol. The van der Waals surface area contributed by atoms with Crippen LogP contribution in [0.15, 0.2) is 53.1 Å². The normalized spacial score (nSPS) is 14.3. The molecule has 1 heterocycles. The van der Waals surface area contributed by atoms with Gasteiger partial charge in [-0.2, -0.15) is 18.2 Å². The molecule has 0 saturated heterocycles. The minimum atomic E-state index is -4.42. The zero-order valence-corrected chi connectivity index (χ0v) is 15.7. The second-order valence-electron chi connectivity index (χ2n) is 7.11. The number of benzene rings is 2. The zero-order valence-electron chi connectivity index (χ0n) is 15.7. The Morgan fingerprint density at radius 3 is 2.43 bits per heavy atom. The molecule has 1 aliphatic carbocycles. The minimum Gasteiger partial charge on any atom is -0.338 e. The molecule has 0 bridgehead atoms. The number of non-ortho nitro benzene ring substituents is 1. The van der Waals surface area contributed by atoms with E-state index in [1.165, 1.54) is 36.4 Å². The van der Waals surface area contributed by atoms with Crippen LogP contribution in [0.5, 0.6) is 0 Å². The molecule has 2 aromatic carbocycles. The first-order valence-electron chi connectivity index (χ1n) is 9.28. The fourth-order valence-corrected chi connectivity index (χ4v) is 3.25. The molecule has 0 unspecified atom stereocenters. The van der Waals surface area contributed by atoms with E-state index in [1.54, 1.807) is 6.07 Å². The molecular formula is C20H17F3N4O3. The number of nitro benzene ring substituents is 1. The molecule has 3 aromatic rings. The molecule has 1 saturated carbocycles. The van der Waals surface area contributed by atoms with Crippen LogP contribution >= 0.6 is 0 Å². The van der Waals surface area contributed by atoms with Gasteiger partial charge >= 0.3 is 6.18 Å². The maximum Gasteiger partial charge on any atom is 0.416 e. The summed E-state index contributed by atoms with van der Waals surface area (Å²) >= 11 is 0. The van der Waals surface area contributed by atoms with Gasteiger partial charge in [0.25, 0.3) is 5.69 Å². The van der Waals surface area contributed by atoms with Crippen molar-refractivity contribution in [2.75, 3.05) is 0 Å². The van der Waals surface area contributed by atoms with Crippen molar-refractivity contribution < 1.29 is 22.6 Å². The summed E-state index contributed by atoms with van der Waals surface area (Å²) in [5.41, 5.74) is 0.0569. The average Bonchev–Trinajstić information content (AvgIpc) is 3.46. The number of aromatic nitrogens is 2. The Hall–Kier alpha value is -3.27. The van der Waals surface area contributed by atoms with Crippen LogP contribution < -0.4 is 0 Å². The van der Waals surface area contributed by atoms with Gasteiger partial charge in [-0.05, 0) is 36.6 Å². The Morgan fingerprint density at radius 2 is 1.80 bits per heavy atom. The lowest BCUT2D eigenvalue weighted by Crippen LogP contribution is -2.26.